The number of amides is 2. The minimum atomic E-state index is -0.367. The molecule has 150 valence electrons. The van der Waals surface area contributed by atoms with E-state index in [1.54, 1.807) is 31.3 Å². The third kappa shape index (κ3) is 4.78. The molecule has 2 amide bonds. The van der Waals surface area contributed by atoms with Crippen molar-refractivity contribution in [1.82, 2.24) is 4.37 Å². The molecule has 1 N–H and O–H groups in total. The topological polar surface area (TPSA) is 71.5 Å². The summed E-state index contributed by atoms with van der Waals surface area (Å²) in [5, 5.41) is 3.48. The second kappa shape index (κ2) is 9.11. The third-order valence-electron chi connectivity index (χ3n) is 4.33. The highest BCUT2D eigenvalue weighted by atomic mass is 32.1. The van der Waals surface area contributed by atoms with Gasteiger partial charge in [0.15, 0.2) is 0 Å². The highest BCUT2D eigenvalue weighted by Gasteiger charge is 2.15. The number of hydrogen-bond acceptors (Lipinski definition) is 6. The van der Waals surface area contributed by atoms with Crippen LogP contribution in [0.4, 0.5) is 15.5 Å². The van der Waals surface area contributed by atoms with E-state index in [1.807, 2.05) is 38.1 Å². The first kappa shape index (κ1) is 20.9. The molecule has 2 aromatic carbocycles. The van der Waals surface area contributed by atoms with E-state index in [2.05, 4.69) is 22.5 Å². The van der Waals surface area contributed by atoms with Crippen LogP contribution in [0, 0.1) is 13.8 Å². The van der Waals surface area contributed by atoms with Gasteiger partial charge in [0, 0.05) is 11.8 Å². The molecule has 0 saturated heterocycles. The number of benzene rings is 2. The highest BCUT2D eigenvalue weighted by molar-refractivity contribution is 7.82. The molecule has 0 unspecified atom stereocenters. The number of carbonyl (C=O) groups excluding carboxylic acids is 2. The van der Waals surface area contributed by atoms with Gasteiger partial charge in [-0.2, -0.15) is 4.37 Å². The van der Waals surface area contributed by atoms with Crippen LogP contribution in [0.2, 0.25) is 0 Å². The molecule has 0 atom stereocenters. The lowest BCUT2D eigenvalue weighted by Crippen LogP contribution is -2.26. The Balaban J connectivity index is 1.79. The lowest BCUT2D eigenvalue weighted by Gasteiger charge is -2.17. The molecule has 0 aliphatic heterocycles. The monoisotopic (exact) mass is 427 g/mol. The van der Waals surface area contributed by atoms with Crippen molar-refractivity contribution in [2.45, 2.75) is 20.8 Å². The van der Waals surface area contributed by atoms with E-state index < -0.39 is 0 Å². The van der Waals surface area contributed by atoms with Gasteiger partial charge in [0.2, 0.25) is 0 Å². The Morgan fingerprint density at radius 3 is 2.48 bits per heavy atom. The van der Waals surface area contributed by atoms with Gasteiger partial charge in [-0.3, -0.25) is 5.32 Å². The van der Waals surface area contributed by atoms with Crippen molar-refractivity contribution in [3.63, 3.8) is 0 Å². The Morgan fingerprint density at radius 2 is 1.86 bits per heavy atom. The van der Waals surface area contributed by atoms with Gasteiger partial charge in [0.05, 0.1) is 17.9 Å². The number of ether oxygens (including phenoxy) is 1. The third-order valence-corrected chi connectivity index (χ3v) is 5.56. The van der Waals surface area contributed by atoms with Crippen molar-refractivity contribution in [1.29, 1.82) is 0 Å². The summed E-state index contributed by atoms with van der Waals surface area (Å²) in [6.45, 7) is 5.97. The fourth-order valence-electron chi connectivity index (χ4n) is 2.73. The first-order valence-electron chi connectivity index (χ1n) is 9.00. The second-order valence-electron chi connectivity index (χ2n) is 6.38. The van der Waals surface area contributed by atoms with Gasteiger partial charge in [-0.25, -0.2) is 13.9 Å². The van der Waals surface area contributed by atoms with Crippen molar-refractivity contribution >= 4 is 47.0 Å². The van der Waals surface area contributed by atoms with E-state index in [9.17, 15) is 9.59 Å². The molecular formula is C21H21N3O3S2. The van der Waals surface area contributed by atoms with E-state index in [1.165, 1.54) is 15.8 Å². The minimum absolute atomic E-state index is 0.331. The van der Waals surface area contributed by atoms with Gasteiger partial charge in [0.1, 0.15) is 5.00 Å². The van der Waals surface area contributed by atoms with Gasteiger partial charge in [-0.15, -0.1) is 0 Å². The molecule has 0 bridgehead atoms. The van der Waals surface area contributed by atoms with E-state index in [-0.39, 0.29) is 12.0 Å². The number of urea groups is 1. The van der Waals surface area contributed by atoms with Crippen LogP contribution in [0.1, 0.15) is 28.4 Å². The van der Waals surface area contributed by atoms with Crippen LogP contribution in [-0.4, -0.2) is 23.0 Å². The summed E-state index contributed by atoms with van der Waals surface area (Å²) in [6.07, 6.45) is 1.70. The van der Waals surface area contributed by atoms with Crippen LogP contribution in [-0.2, 0) is 4.74 Å². The molecule has 0 radical (unpaired) electrons. The van der Waals surface area contributed by atoms with E-state index in [4.69, 9.17) is 4.74 Å². The number of rotatable bonds is 5. The van der Waals surface area contributed by atoms with Crippen LogP contribution in [0.15, 0.2) is 48.7 Å². The number of hydrogen-bond donors (Lipinski definition) is 2. The smallest absolute Gasteiger partial charge is 0.338 e. The van der Waals surface area contributed by atoms with Crippen molar-refractivity contribution in [2.24, 2.45) is 0 Å². The van der Waals surface area contributed by atoms with Crippen LogP contribution >= 0.6 is 24.3 Å². The Morgan fingerprint density at radius 1 is 1.14 bits per heavy atom. The molecular weight excluding hydrogens is 406 g/mol. The quantitative estimate of drug-likeness (QED) is 0.417. The van der Waals surface area contributed by atoms with Crippen LogP contribution < -0.4 is 9.62 Å². The number of thiol groups is 1. The SMILES string of the molecule is CCOC(=O)c1ccc(C)c(-c2ccc(N(S)C(=O)Nc3sncc3C)cc2)c1. The standard InChI is InChI=1S/C21H21N3O3S2/c1-4-27-20(25)16-6-5-13(2)18(11-16)15-7-9-17(10-8-15)24(28)21(26)23-19-14(3)12-22-29-19/h5-12,28H,4H2,1-3H3,(H,23,26). The van der Waals surface area contributed by atoms with Crippen LogP contribution in [0.3, 0.4) is 0 Å². The Bertz CT molecular complexity index is 1030. The zero-order valence-corrected chi connectivity index (χ0v) is 18.0. The van der Waals surface area contributed by atoms with Crippen molar-refractivity contribution in [2.75, 3.05) is 16.2 Å². The summed E-state index contributed by atoms with van der Waals surface area (Å²) in [4.78, 5) is 24.4. The summed E-state index contributed by atoms with van der Waals surface area (Å²) < 4.78 is 10.4. The minimum Gasteiger partial charge on any atom is -0.462 e. The van der Waals surface area contributed by atoms with E-state index in [0.29, 0.717) is 22.9 Å². The number of carbonyl (C=O) groups is 2. The van der Waals surface area contributed by atoms with Gasteiger partial charge in [-0.1, -0.05) is 31.0 Å². The molecule has 0 spiro atoms. The summed E-state index contributed by atoms with van der Waals surface area (Å²) in [6, 6.07) is 12.5. The molecule has 0 fully saturated rings. The van der Waals surface area contributed by atoms with E-state index >= 15 is 0 Å². The molecule has 8 heteroatoms. The maximum absolute atomic E-state index is 12.4. The predicted octanol–water partition coefficient (Wildman–Crippen LogP) is 5.49. The van der Waals surface area contributed by atoms with Crippen molar-refractivity contribution in [3.8, 4) is 11.1 Å². The predicted molar refractivity (Wildman–Crippen MR) is 120 cm³/mol. The van der Waals surface area contributed by atoms with Gasteiger partial charge >= 0.3 is 12.0 Å². The second-order valence-corrected chi connectivity index (χ2v) is 7.58. The van der Waals surface area contributed by atoms with E-state index in [0.717, 1.165) is 22.3 Å². The number of aryl methyl sites for hydroxylation is 2. The summed E-state index contributed by atoms with van der Waals surface area (Å²) in [5.74, 6) is -0.345. The normalized spacial score (nSPS) is 10.5. The summed E-state index contributed by atoms with van der Waals surface area (Å²) in [7, 11) is 0. The van der Waals surface area contributed by atoms with Gasteiger partial charge in [-0.05, 0) is 73.3 Å². The van der Waals surface area contributed by atoms with Crippen LogP contribution in [0.25, 0.3) is 11.1 Å². The Labute approximate surface area is 179 Å². The number of nitrogens with one attached hydrogen (secondary N) is 1. The maximum atomic E-state index is 12.4. The van der Waals surface area contributed by atoms with Crippen molar-refractivity contribution in [3.05, 3.63) is 65.4 Å². The fraction of sp³-hybridized carbons (Fsp3) is 0.190. The van der Waals surface area contributed by atoms with Crippen LogP contribution in [0.5, 0.6) is 0 Å². The summed E-state index contributed by atoms with van der Waals surface area (Å²) >= 11 is 5.53. The lowest BCUT2D eigenvalue weighted by molar-refractivity contribution is 0.0526. The average molecular weight is 428 g/mol. The molecule has 3 aromatic rings. The van der Waals surface area contributed by atoms with Crippen molar-refractivity contribution < 1.29 is 14.3 Å². The molecule has 3 rings (SSSR count). The molecule has 6 nitrogen and oxygen atoms in total. The Kier molecular flexibility index (Phi) is 6.56. The average Bonchev–Trinajstić information content (AvgIpc) is 3.12. The highest BCUT2D eigenvalue weighted by Crippen LogP contribution is 2.28. The Hall–Kier alpha value is -2.84. The largest absolute Gasteiger partial charge is 0.462 e. The summed E-state index contributed by atoms with van der Waals surface area (Å²) in [5.41, 5.74) is 4.92. The number of esters is 1. The number of anilines is 2. The number of aromatic nitrogens is 1. The first-order chi connectivity index (χ1) is 13.9. The molecule has 1 aromatic heterocycles. The molecule has 0 aliphatic rings. The van der Waals surface area contributed by atoms with Gasteiger partial charge in [0.25, 0.3) is 0 Å². The fourth-order valence-corrected chi connectivity index (χ4v) is 3.56. The molecule has 1 heterocycles. The van der Waals surface area contributed by atoms with Gasteiger partial charge < -0.3 is 4.74 Å². The zero-order valence-electron chi connectivity index (χ0n) is 16.3. The molecule has 0 aliphatic carbocycles. The maximum Gasteiger partial charge on any atom is 0.338 e. The molecule has 29 heavy (non-hydrogen) atoms. The lowest BCUT2D eigenvalue weighted by atomic mass is 9.98. The first-order valence-corrected chi connectivity index (χ1v) is 10.2. The molecule has 0 saturated carbocycles. The number of nitrogens with zero attached hydrogens (tertiary/aromatic N) is 2. The zero-order chi connectivity index (χ0) is 21.0.